The summed E-state index contributed by atoms with van der Waals surface area (Å²) in [6.45, 7) is 1.21. The molecule has 0 unspecified atom stereocenters. The fourth-order valence-corrected chi connectivity index (χ4v) is 2.16. The Morgan fingerprint density at radius 3 is 2.92 bits per heavy atom. The minimum atomic E-state index is 0.253. The van der Waals surface area contributed by atoms with E-state index in [2.05, 4.69) is 9.88 Å². The smallest absolute Gasteiger partial charge is 0.0929 e. The number of aliphatic hydroxyl groups is 1. The first-order valence-electron chi connectivity index (χ1n) is 4.41. The van der Waals surface area contributed by atoms with E-state index in [1.807, 2.05) is 20.3 Å². The van der Waals surface area contributed by atoms with Gasteiger partial charge in [-0.3, -0.25) is 0 Å². The molecule has 0 aliphatic heterocycles. The SMILES string of the molecule is CN(C)Cc1cnc(CCCO)s1. The van der Waals surface area contributed by atoms with Crippen LogP contribution in [0.5, 0.6) is 0 Å². The number of nitrogens with zero attached hydrogens (tertiary/aromatic N) is 2. The lowest BCUT2D eigenvalue weighted by molar-refractivity contribution is 0.288. The third-order valence-corrected chi connectivity index (χ3v) is 2.66. The topological polar surface area (TPSA) is 36.4 Å². The quantitative estimate of drug-likeness (QED) is 0.774. The summed E-state index contributed by atoms with van der Waals surface area (Å²) in [7, 11) is 4.10. The normalized spacial score (nSPS) is 11.1. The number of aliphatic hydroxyl groups excluding tert-OH is 1. The molecule has 0 bridgehead atoms. The van der Waals surface area contributed by atoms with Gasteiger partial charge in [0.15, 0.2) is 0 Å². The van der Waals surface area contributed by atoms with Gasteiger partial charge < -0.3 is 10.0 Å². The van der Waals surface area contributed by atoms with Crippen LogP contribution in [0.15, 0.2) is 6.20 Å². The molecule has 0 radical (unpaired) electrons. The molecule has 1 aromatic heterocycles. The van der Waals surface area contributed by atoms with Crippen LogP contribution < -0.4 is 0 Å². The highest BCUT2D eigenvalue weighted by molar-refractivity contribution is 7.11. The molecule has 0 aliphatic rings. The molecule has 1 heterocycles. The summed E-state index contributed by atoms with van der Waals surface area (Å²) in [5, 5.41) is 9.78. The van der Waals surface area contributed by atoms with E-state index >= 15 is 0 Å². The highest BCUT2D eigenvalue weighted by atomic mass is 32.1. The van der Waals surface area contributed by atoms with Gasteiger partial charge in [-0.2, -0.15) is 0 Å². The van der Waals surface area contributed by atoms with Crippen molar-refractivity contribution in [2.24, 2.45) is 0 Å². The summed E-state index contributed by atoms with van der Waals surface area (Å²) < 4.78 is 0. The van der Waals surface area contributed by atoms with E-state index in [0.717, 1.165) is 24.4 Å². The van der Waals surface area contributed by atoms with Crippen LogP contribution in [-0.2, 0) is 13.0 Å². The van der Waals surface area contributed by atoms with Crippen LogP contribution in [0.1, 0.15) is 16.3 Å². The summed E-state index contributed by atoms with van der Waals surface area (Å²) in [5.74, 6) is 0. The maximum Gasteiger partial charge on any atom is 0.0929 e. The average molecular weight is 200 g/mol. The molecule has 0 saturated carbocycles. The van der Waals surface area contributed by atoms with Crippen molar-refractivity contribution in [1.82, 2.24) is 9.88 Å². The number of thiazole rings is 1. The first-order chi connectivity index (χ1) is 6.22. The van der Waals surface area contributed by atoms with Gasteiger partial charge in [0.1, 0.15) is 0 Å². The van der Waals surface area contributed by atoms with Crippen molar-refractivity contribution in [3.8, 4) is 0 Å². The molecule has 1 rings (SSSR count). The van der Waals surface area contributed by atoms with Crippen molar-refractivity contribution in [2.45, 2.75) is 19.4 Å². The van der Waals surface area contributed by atoms with Gasteiger partial charge in [0.05, 0.1) is 5.01 Å². The van der Waals surface area contributed by atoms with E-state index in [-0.39, 0.29) is 6.61 Å². The molecule has 0 spiro atoms. The molecule has 0 aromatic carbocycles. The second-order valence-corrected chi connectivity index (χ2v) is 4.49. The summed E-state index contributed by atoms with van der Waals surface area (Å²) in [4.78, 5) is 7.71. The Labute approximate surface area is 83.0 Å². The van der Waals surface area contributed by atoms with E-state index in [0.29, 0.717) is 0 Å². The first kappa shape index (κ1) is 10.6. The van der Waals surface area contributed by atoms with Gasteiger partial charge in [0, 0.05) is 30.6 Å². The van der Waals surface area contributed by atoms with Crippen LogP contribution in [0.3, 0.4) is 0 Å². The molecule has 0 saturated heterocycles. The van der Waals surface area contributed by atoms with Gasteiger partial charge in [0.2, 0.25) is 0 Å². The van der Waals surface area contributed by atoms with E-state index in [1.54, 1.807) is 11.3 Å². The minimum absolute atomic E-state index is 0.253. The highest BCUT2D eigenvalue weighted by Crippen LogP contribution is 2.15. The van der Waals surface area contributed by atoms with E-state index < -0.39 is 0 Å². The van der Waals surface area contributed by atoms with Gasteiger partial charge in [-0.05, 0) is 20.5 Å². The molecular weight excluding hydrogens is 184 g/mol. The van der Waals surface area contributed by atoms with Crippen LogP contribution in [0.4, 0.5) is 0 Å². The lowest BCUT2D eigenvalue weighted by atomic mass is 10.3. The maximum atomic E-state index is 8.65. The fourth-order valence-electron chi connectivity index (χ4n) is 1.08. The largest absolute Gasteiger partial charge is 0.396 e. The highest BCUT2D eigenvalue weighted by Gasteiger charge is 2.02. The van der Waals surface area contributed by atoms with Crippen LogP contribution in [0.2, 0.25) is 0 Å². The van der Waals surface area contributed by atoms with Crippen molar-refractivity contribution < 1.29 is 5.11 Å². The monoisotopic (exact) mass is 200 g/mol. The van der Waals surface area contributed by atoms with Crippen molar-refractivity contribution in [1.29, 1.82) is 0 Å². The summed E-state index contributed by atoms with van der Waals surface area (Å²) in [5.41, 5.74) is 0. The molecular formula is C9H16N2OS. The summed E-state index contributed by atoms with van der Waals surface area (Å²) >= 11 is 1.74. The molecule has 0 fully saturated rings. The van der Waals surface area contributed by atoms with Crippen molar-refractivity contribution in [3.05, 3.63) is 16.1 Å². The molecule has 1 N–H and O–H groups in total. The lowest BCUT2D eigenvalue weighted by Gasteiger charge is -2.05. The first-order valence-corrected chi connectivity index (χ1v) is 5.23. The predicted octanol–water partition coefficient (Wildman–Crippen LogP) is 1.13. The standard InChI is InChI=1S/C9H16N2OS/c1-11(2)7-8-6-10-9(13-8)4-3-5-12/h6,12H,3-5,7H2,1-2H3. The Morgan fingerprint density at radius 2 is 2.31 bits per heavy atom. The maximum absolute atomic E-state index is 8.65. The number of aromatic nitrogens is 1. The number of hydrogen-bond donors (Lipinski definition) is 1. The van der Waals surface area contributed by atoms with Crippen LogP contribution in [0, 0.1) is 0 Å². The molecule has 0 atom stereocenters. The summed E-state index contributed by atoms with van der Waals surface area (Å²) in [6, 6.07) is 0. The molecule has 0 aliphatic carbocycles. The van der Waals surface area contributed by atoms with E-state index in [1.165, 1.54) is 4.88 Å². The van der Waals surface area contributed by atoms with E-state index in [9.17, 15) is 0 Å². The van der Waals surface area contributed by atoms with E-state index in [4.69, 9.17) is 5.11 Å². The Morgan fingerprint density at radius 1 is 1.54 bits per heavy atom. The van der Waals surface area contributed by atoms with Gasteiger partial charge in [-0.1, -0.05) is 0 Å². The van der Waals surface area contributed by atoms with Crippen LogP contribution >= 0.6 is 11.3 Å². The van der Waals surface area contributed by atoms with Crippen LogP contribution in [0.25, 0.3) is 0 Å². The zero-order valence-electron chi connectivity index (χ0n) is 8.16. The minimum Gasteiger partial charge on any atom is -0.396 e. The molecule has 74 valence electrons. The van der Waals surface area contributed by atoms with Crippen molar-refractivity contribution >= 4 is 11.3 Å². The fraction of sp³-hybridized carbons (Fsp3) is 0.667. The zero-order chi connectivity index (χ0) is 9.68. The van der Waals surface area contributed by atoms with Gasteiger partial charge >= 0.3 is 0 Å². The van der Waals surface area contributed by atoms with Gasteiger partial charge in [0.25, 0.3) is 0 Å². The third-order valence-electron chi connectivity index (χ3n) is 1.62. The van der Waals surface area contributed by atoms with Gasteiger partial charge in [-0.25, -0.2) is 4.98 Å². The van der Waals surface area contributed by atoms with Gasteiger partial charge in [-0.15, -0.1) is 11.3 Å². The number of hydrogen-bond acceptors (Lipinski definition) is 4. The van der Waals surface area contributed by atoms with Crippen molar-refractivity contribution in [2.75, 3.05) is 20.7 Å². The molecule has 3 nitrogen and oxygen atoms in total. The van der Waals surface area contributed by atoms with Crippen LogP contribution in [-0.4, -0.2) is 35.7 Å². The second kappa shape index (κ2) is 5.32. The molecule has 4 heteroatoms. The number of rotatable bonds is 5. The molecule has 13 heavy (non-hydrogen) atoms. The molecule has 0 amide bonds. The third kappa shape index (κ3) is 3.85. The molecule has 1 aromatic rings. The Hall–Kier alpha value is -0.450. The summed E-state index contributed by atoms with van der Waals surface area (Å²) in [6.07, 6.45) is 3.64. The lowest BCUT2D eigenvalue weighted by Crippen LogP contribution is -2.09. The Balaban J connectivity index is 2.44. The number of aryl methyl sites for hydroxylation is 1. The van der Waals surface area contributed by atoms with Crippen molar-refractivity contribution in [3.63, 3.8) is 0 Å². The Bertz CT molecular complexity index is 248. The zero-order valence-corrected chi connectivity index (χ0v) is 8.97. The average Bonchev–Trinajstić information content (AvgIpc) is 2.48. The Kier molecular flexibility index (Phi) is 4.35. The predicted molar refractivity (Wildman–Crippen MR) is 54.9 cm³/mol. The second-order valence-electron chi connectivity index (χ2n) is 3.29.